The molecule has 2 aromatic carbocycles. The van der Waals surface area contributed by atoms with Gasteiger partial charge in [0.1, 0.15) is 6.33 Å². The Bertz CT molecular complexity index is 1060. The Morgan fingerprint density at radius 2 is 1.96 bits per heavy atom. The first-order chi connectivity index (χ1) is 12.7. The summed E-state index contributed by atoms with van der Waals surface area (Å²) in [5.41, 5.74) is 4.30. The molecule has 0 aliphatic carbocycles. The summed E-state index contributed by atoms with van der Waals surface area (Å²) in [5, 5.41) is 2.91. The van der Waals surface area contributed by atoms with Crippen molar-refractivity contribution < 1.29 is 4.79 Å². The lowest BCUT2D eigenvalue weighted by molar-refractivity contribution is 0.0951. The zero-order valence-electron chi connectivity index (χ0n) is 13.8. The maximum absolute atomic E-state index is 12.4. The van der Waals surface area contributed by atoms with Gasteiger partial charge in [0.15, 0.2) is 0 Å². The van der Waals surface area contributed by atoms with Crippen molar-refractivity contribution in [1.82, 2.24) is 19.9 Å². The van der Waals surface area contributed by atoms with Gasteiger partial charge in [-0.1, -0.05) is 22.0 Å². The minimum Gasteiger partial charge on any atom is -0.348 e. The first-order valence-electron chi connectivity index (χ1n) is 8.11. The lowest BCUT2D eigenvalue weighted by Gasteiger charge is -2.07. The van der Waals surface area contributed by atoms with Gasteiger partial charge < -0.3 is 5.32 Å². The highest BCUT2D eigenvalue weighted by atomic mass is 79.9. The van der Waals surface area contributed by atoms with Gasteiger partial charge in [0.25, 0.3) is 5.91 Å². The van der Waals surface area contributed by atoms with E-state index >= 15 is 0 Å². The molecule has 4 aromatic rings. The maximum atomic E-state index is 12.4. The van der Waals surface area contributed by atoms with Crippen molar-refractivity contribution in [3.05, 3.63) is 88.9 Å². The molecule has 0 radical (unpaired) electrons. The van der Waals surface area contributed by atoms with Crippen LogP contribution in [-0.2, 0) is 6.54 Å². The number of benzene rings is 2. The number of halogens is 1. The van der Waals surface area contributed by atoms with Gasteiger partial charge in [-0.15, -0.1) is 0 Å². The Morgan fingerprint density at radius 3 is 2.73 bits per heavy atom. The SMILES string of the molecule is O=C(NCc1cccnc1)c1ccc2c(c1)ncn2-c1ccc(Br)cc1. The van der Waals surface area contributed by atoms with Gasteiger partial charge in [-0.05, 0) is 54.1 Å². The molecule has 128 valence electrons. The molecule has 0 bridgehead atoms. The molecule has 0 fully saturated rings. The van der Waals surface area contributed by atoms with Crippen LogP contribution in [0.15, 0.2) is 77.8 Å². The lowest BCUT2D eigenvalue weighted by Crippen LogP contribution is -2.22. The minimum atomic E-state index is -0.131. The van der Waals surface area contributed by atoms with Crippen molar-refractivity contribution in [3.8, 4) is 5.69 Å². The van der Waals surface area contributed by atoms with Gasteiger partial charge in [-0.2, -0.15) is 0 Å². The lowest BCUT2D eigenvalue weighted by atomic mass is 10.1. The Hall–Kier alpha value is -2.99. The molecule has 0 spiro atoms. The molecule has 5 nitrogen and oxygen atoms in total. The Labute approximate surface area is 158 Å². The molecule has 0 unspecified atom stereocenters. The monoisotopic (exact) mass is 406 g/mol. The quantitative estimate of drug-likeness (QED) is 0.554. The predicted molar refractivity (Wildman–Crippen MR) is 104 cm³/mol. The summed E-state index contributed by atoms with van der Waals surface area (Å²) in [5.74, 6) is -0.131. The topological polar surface area (TPSA) is 59.8 Å². The predicted octanol–water partition coefficient (Wildman–Crippen LogP) is 4.11. The van der Waals surface area contributed by atoms with Crippen molar-refractivity contribution in [2.24, 2.45) is 0 Å². The zero-order valence-corrected chi connectivity index (χ0v) is 15.3. The molecule has 0 saturated carbocycles. The summed E-state index contributed by atoms with van der Waals surface area (Å²) in [6.07, 6.45) is 5.22. The first-order valence-corrected chi connectivity index (χ1v) is 8.90. The number of rotatable bonds is 4. The smallest absolute Gasteiger partial charge is 0.251 e. The molecule has 0 saturated heterocycles. The van der Waals surface area contributed by atoms with Gasteiger partial charge in [-0.25, -0.2) is 4.98 Å². The number of nitrogens with zero attached hydrogens (tertiary/aromatic N) is 3. The van der Waals surface area contributed by atoms with E-state index in [1.165, 1.54) is 0 Å². The number of aromatic nitrogens is 3. The number of fused-ring (bicyclic) bond motifs is 1. The summed E-state index contributed by atoms with van der Waals surface area (Å²) in [6.45, 7) is 0.443. The highest BCUT2D eigenvalue weighted by Crippen LogP contribution is 2.21. The van der Waals surface area contributed by atoms with Crippen LogP contribution in [0.3, 0.4) is 0 Å². The third kappa shape index (κ3) is 3.36. The molecule has 0 aliphatic heterocycles. The molecule has 2 aromatic heterocycles. The van der Waals surface area contributed by atoms with E-state index in [4.69, 9.17) is 0 Å². The van der Waals surface area contributed by atoms with Crippen LogP contribution in [0, 0.1) is 0 Å². The highest BCUT2D eigenvalue weighted by Gasteiger charge is 2.10. The Balaban J connectivity index is 1.56. The molecular weight excluding hydrogens is 392 g/mol. The van der Waals surface area contributed by atoms with Gasteiger partial charge >= 0.3 is 0 Å². The first kappa shape index (κ1) is 16.5. The maximum Gasteiger partial charge on any atom is 0.251 e. The van der Waals surface area contributed by atoms with Crippen LogP contribution < -0.4 is 5.32 Å². The van der Waals surface area contributed by atoms with Crippen molar-refractivity contribution in [2.45, 2.75) is 6.54 Å². The van der Waals surface area contributed by atoms with Gasteiger partial charge in [0, 0.05) is 34.7 Å². The van der Waals surface area contributed by atoms with E-state index in [2.05, 4.69) is 31.2 Å². The number of carbonyl (C=O) groups is 1. The van der Waals surface area contributed by atoms with E-state index in [9.17, 15) is 4.79 Å². The van der Waals surface area contributed by atoms with Crippen LogP contribution in [-0.4, -0.2) is 20.4 Å². The van der Waals surface area contributed by atoms with Gasteiger partial charge in [0.05, 0.1) is 11.0 Å². The van der Waals surface area contributed by atoms with Crippen molar-refractivity contribution in [1.29, 1.82) is 0 Å². The fourth-order valence-corrected chi connectivity index (χ4v) is 3.01. The van der Waals surface area contributed by atoms with Crippen molar-refractivity contribution in [2.75, 3.05) is 0 Å². The van der Waals surface area contributed by atoms with Crippen LogP contribution in [0.1, 0.15) is 15.9 Å². The molecule has 0 atom stereocenters. The fraction of sp³-hybridized carbons (Fsp3) is 0.0500. The van der Waals surface area contributed by atoms with E-state index in [-0.39, 0.29) is 5.91 Å². The minimum absolute atomic E-state index is 0.131. The Morgan fingerprint density at radius 1 is 1.12 bits per heavy atom. The number of hydrogen-bond donors (Lipinski definition) is 1. The molecule has 6 heteroatoms. The summed E-state index contributed by atoms with van der Waals surface area (Å²) in [7, 11) is 0. The van der Waals surface area contributed by atoms with E-state index < -0.39 is 0 Å². The van der Waals surface area contributed by atoms with Crippen LogP contribution in [0.2, 0.25) is 0 Å². The summed E-state index contributed by atoms with van der Waals surface area (Å²) < 4.78 is 3.03. The van der Waals surface area contributed by atoms with Crippen LogP contribution in [0.5, 0.6) is 0 Å². The molecule has 26 heavy (non-hydrogen) atoms. The van der Waals surface area contributed by atoms with Gasteiger partial charge in [0.2, 0.25) is 0 Å². The molecule has 4 rings (SSSR count). The van der Waals surface area contributed by atoms with Crippen LogP contribution >= 0.6 is 15.9 Å². The number of pyridine rings is 1. The second-order valence-electron chi connectivity index (χ2n) is 5.84. The normalized spacial score (nSPS) is 10.8. The van der Waals surface area contributed by atoms with Crippen molar-refractivity contribution in [3.63, 3.8) is 0 Å². The standard InChI is InChI=1S/C20H15BrN4O/c21-16-4-6-17(7-5-16)25-13-24-18-10-15(3-8-19(18)25)20(26)23-12-14-2-1-9-22-11-14/h1-11,13H,12H2,(H,23,26). The number of hydrogen-bond acceptors (Lipinski definition) is 3. The number of imidazole rings is 1. The van der Waals surface area contributed by atoms with E-state index in [0.29, 0.717) is 12.1 Å². The molecular formula is C20H15BrN4O. The summed E-state index contributed by atoms with van der Waals surface area (Å²) >= 11 is 3.44. The van der Waals surface area contributed by atoms with E-state index in [1.54, 1.807) is 18.7 Å². The third-order valence-corrected chi connectivity index (χ3v) is 4.62. The molecule has 1 N–H and O–H groups in total. The van der Waals surface area contributed by atoms with Crippen LogP contribution in [0.25, 0.3) is 16.7 Å². The zero-order chi connectivity index (χ0) is 17.9. The fourth-order valence-electron chi connectivity index (χ4n) is 2.75. The van der Waals surface area contributed by atoms with Crippen molar-refractivity contribution >= 4 is 32.9 Å². The average molecular weight is 407 g/mol. The summed E-state index contributed by atoms with van der Waals surface area (Å²) in [4.78, 5) is 20.9. The average Bonchev–Trinajstić information content (AvgIpc) is 3.11. The Kier molecular flexibility index (Phi) is 4.50. The largest absolute Gasteiger partial charge is 0.348 e. The number of carbonyl (C=O) groups excluding carboxylic acids is 1. The van der Waals surface area contributed by atoms with Gasteiger partial charge in [-0.3, -0.25) is 14.3 Å². The second-order valence-corrected chi connectivity index (χ2v) is 6.75. The third-order valence-electron chi connectivity index (χ3n) is 4.09. The van der Waals surface area contributed by atoms with E-state index in [0.717, 1.165) is 26.8 Å². The number of nitrogens with one attached hydrogen (secondary N) is 1. The second kappa shape index (κ2) is 7.09. The molecule has 1 amide bonds. The van der Waals surface area contributed by atoms with Crippen LogP contribution in [0.4, 0.5) is 0 Å². The highest BCUT2D eigenvalue weighted by molar-refractivity contribution is 9.10. The number of amides is 1. The molecule has 2 heterocycles. The molecule has 0 aliphatic rings. The summed E-state index contributed by atoms with van der Waals surface area (Å²) in [6, 6.07) is 17.3. The van der Waals surface area contributed by atoms with E-state index in [1.807, 2.05) is 59.2 Å².